The highest BCUT2D eigenvalue weighted by molar-refractivity contribution is 8.00. The summed E-state index contributed by atoms with van der Waals surface area (Å²) in [5.41, 5.74) is 3.32. The maximum atomic E-state index is 12.8. The van der Waals surface area contributed by atoms with Crippen LogP contribution in [-0.2, 0) is 22.4 Å². The molecule has 0 spiro atoms. The smallest absolute Gasteiger partial charge is 0.341 e. The van der Waals surface area contributed by atoms with Gasteiger partial charge in [-0.2, -0.15) is 0 Å². The fourth-order valence-corrected chi connectivity index (χ4v) is 6.40. The highest BCUT2D eigenvalue weighted by Gasteiger charge is 2.25. The number of anilines is 3. The second-order valence-corrected chi connectivity index (χ2v) is 11.0. The molecule has 36 heavy (non-hydrogen) atoms. The molecule has 1 aliphatic rings. The van der Waals surface area contributed by atoms with E-state index in [9.17, 15) is 9.59 Å². The van der Waals surface area contributed by atoms with Gasteiger partial charge in [-0.1, -0.05) is 37.1 Å². The van der Waals surface area contributed by atoms with Crippen molar-refractivity contribution in [2.45, 2.75) is 43.4 Å². The topological polar surface area (TPSA) is 79.5 Å². The highest BCUT2D eigenvalue weighted by Crippen LogP contribution is 2.37. The third-order valence-corrected chi connectivity index (χ3v) is 8.21. The Labute approximate surface area is 225 Å². The molecule has 0 aliphatic heterocycles. The molecule has 1 amide bonds. The number of rotatable bonds is 7. The molecule has 1 aromatic heterocycles. The average Bonchev–Trinajstić information content (AvgIpc) is 3.18. The van der Waals surface area contributed by atoms with Gasteiger partial charge in [-0.25, -0.2) is 4.79 Å². The summed E-state index contributed by atoms with van der Waals surface area (Å²) in [6.07, 6.45) is 6.30. The van der Waals surface area contributed by atoms with Crippen LogP contribution in [0.2, 0.25) is 0 Å². The number of thiophene rings is 1. The van der Waals surface area contributed by atoms with E-state index in [-0.39, 0.29) is 17.6 Å². The molecule has 1 aliphatic carbocycles. The number of methoxy groups -OCH3 is 1. The first kappa shape index (κ1) is 26.2. The molecule has 0 bridgehead atoms. The number of ether oxygens (including phenoxy) is 1. The zero-order valence-electron chi connectivity index (χ0n) is 20.1. The monoisotopic (exact) mass is 539 g/mol. The molecule has 0 fully saturated rings. The summed E-state index contributed by atoms with van der Waals surface area (Å²) in [6.45, 7) is 0. The van der Waals surface area contributed by atoms with Crippen LogP contribution in [0.3, 0.4) is 0 Å². The number of carbonyl (C=O) groups is 2. The Morgan fingerprint density at radius 3 is 2.44 bits per heavy atom. The van der Waals surface area contributed by atoms with Gasteiger partial charge in [0.2, 0.25) is 5.91 Å². The Morgan fingerprint density at radius 2 is 1.67 bits per heavy atom. The SMILES string of the molecule is COC(=O)c1c(NC(=O)CSc2cccc(NC(=S)Nc3ccccc3)c2)sc2c1CCCCCC2. The van der Waals surface area contributed by atoms with Gasteiger partial charge in [0, 0.05) is 21.1 Å². The Hall–Kier alpha value is -2.88. The van der Waals surface area contributed by atoms with Crippen LogP contribution in [0.25, 0.3) is 0 Å². The van der Waals surface area contributed by atoms with Gasteiger partial charge in [-0.3, -0.25) is 4.79 Å². The number of fused-ring (bicyclic) bond motifs is 1. The lowest BCUT2D eigenvalue weighted by Gasteiger charge is -2.12. The molecule has 0 unspecified atom stereocenters. The molecular formula is C27H29N3O3S3. The standard InChI is InChI=1S/C27H29N3O3S3/c1-33-26(32)24-21-14-7-2-3-8-15-22(21)36-25(24)30-23(31)17-35-20-13-9-12-19(16-20)29-27(34)28-18-10-5-4-6-11-18/h4-6,9-13,16H,2-3,7-8,14-15,17H2,1H3,(H,30,31)(H2,28,29,34). The number of aryl methyl sites for hydroxylation is 1. The van der Waals surface area contributed by atoms with Crippen molar-refractivity contribution in [3.05, 3.63) is 70.6 Å². The molecule has 2 aromatic carbocycles. The van der Waals surface area contributed by atoms with Crippen molar-refractivity contribution in [3.8, 4) is 0 Å². The van der Waals surface area contributed by atoms with E-state index >= 15 is 0 Å². The van der Waals surface area contributed by atoms with Crippen molar-refractivity contribution < 1.29 is 14.3 Å². The highest BCUT2D eigenvalue weighted by atomic mass is 32.2. The van der Waals surface area contributed by atoms with Gasteiger partial charge in [0.1, 0.15) is 5.00 Å². The minimum atomic E-state index is -0.380. The molecule has 1 heterocycles. The second kappa shape index (κ2) is 12.9. The molecule has 9 heteroatoms. The molecule has 0 radical (unpaired) electrons. The van der Waals surface area contributed by atoms with Gasteiger partial charge in [-0.15, -0.1) is 23.1 Å². The van der Waals surface area contributed by atoms with Gasteiger partial charge in [0.25, 0.3) is 0 Å². The van der Waals surface area contributed by atoms with E-state index in [0.717, 1.165) is 53.9 Å². The van der Waals surface area contributed by atoms with Gasteiger partial charge < -0.3 is 20.7 Å². The minimum Gasteiger partial charge on any atom is -0.465 e. The second-order valence-electron chi connectivity index (χ2n) is 8.42. The number of thioether (sulfide) groups is 1. The Balaban J connectivity index is 1.37. The fraction of sp³-hybridized carbons (Fsp3) is 0.296. The van der Waals surface area contributed by atoms with Crippen molar-refractivity contribution in [3.63, 3.8) is 0 Å². The summed E-state index contributed by atoms with van der Waals surface area (Å²) in [5.74, 6) is -0.312. The predicted octanol–water partition coefficient (Wildman–Crippen LogP) is 6.73. The van der Waals surface area contributed by atoms with Crippen LogP contribution in [0.5, 0.6) is 0 Å². The zero-order valence-corrected chi connectivity index (χ0v) is 22.5. The van der Waals surface area contributed by atoms with E-state index in [4.69, 9.17) is 17.0 Å². The molecule has 3 N–H and O–H groups in total. The van der Waals surface area contributed by atoms with Gasteiger partial charge in [0.05, 0.1) is 18.4 Å². The van der Waals surface area contributed by atoms with Crippen LogP contribution in [-0.4, -0.2) is 29.9 Å². The van der Waals surface area contributed by atoms with Crippen LogP contribution < -0.4 is 16.0 Å². The Morgan fingerprint density at radius 1 is 0.944 bits per heavy atom. The van der Waals surface area contributed by atoms with Crippen molar-refractivity contribution >= 4 is 68.7 Å². The molecule has 188 valence electrons. The zero-order chi connectivity index (χ0) is 25.3. The van der Waals surface area contributed by atoms with Gasteiger partial charge in [0.15, 0.2) is 5.11 Å². The molecule has 0 saturated carbocycles. The third kappa shape index (κ3) is 7.09. The number of amides is 1. The first-order chi connectivity index (χ1) is 17.5. The third-order valence-electron chi connectivity index (χ3n) is 5.81. The summed E-state index contributed by atoms with van der Waals surface area (Å²) in [6, 6.07) is 17.5. The van der Waals surface area contributed by atoms with Gasteiger partial charge in [-0.05, 0) is 73.8 Å². The maximum absolute atomic E-state index is 12.8. The average molecular weight is 540 g/mol. The molecule has 0 saturated heterocycles. The first-order valence-electron chi connectivity index (χ1n) is 11.9. The largest absolute Gasteiger partial charge is 0.465 e. The lowest BCUT2D eigenvalue weighted by molar-refractivity contribution is -0.113. The predicted molar refractivity (Wildman–Crippen MR) is 154 cm³/mol. The van der Waals surface area contributed by atoms with Crippen molar-refractivity contribution in [1.29, 1.82) is 0 Å². The van der Waals surface area contributed by atoms with E-state index in [1.165, 1.54) is 41.5 Å². The van der Waals surface area contributed by atoms with E-state index in [1.807, 2.05) is 54.6 Å². The van der Waals surface area contributed by atoms with Crippen LogP contribution in [0.1, 0.15) is 46.5 Å². The normalized spacial score (nSPS) is 13.0. The molecule has 6 nitrogen and oxygen atoms in total. The van der Waals surface area contributed by atoms with E-state index < -0.39 is 0 Å². The summed E-state index contributed by atoms with van der Waals surface area (Å²) in [4.78, 5) is 27.5. The summed E-state index contributed by atoms with van der Waals surface area (Å²) >= 11 is 8.35. The number of thiocarbonyl (C=S) groups is 1. The molecule has 4 rings (SSSR count). The fourth-order valence-electron chi connectivity index (χ4n) is 4.12. The Bertz CT molecular complexity index is 1230. The number of hydrogen-bond acceptors (Lipinski definition) is 6. The van der Waals surface area contributed by atoms with E-state index in [2.05, 4.69) is 16.0 Å². The van der Waals surface area contributed by atoms with Crippen LogP contribution >= 0.6 is 35.3 Å². The Kier molecular flexibility index (Phi) is 9.38. The maximum Gasteiger partial charge on any atom is 0.341 e. The van der Waals surface area contributed by atoms with Crippen molar-refractivity contribution in [2.75, 3.05) is 28.8 Å². The molecular weight excluding hydrogens is 511 g/mol. The number of hydrogen-bond donors (Lipinski definition) is 3. The van der Waals surface area contributed by atoms with E-state index in [0.29, 0.717) is 15.7 Å². The minimum absolute atomic E-state index is 0.154. The summed E-state index contributed by atoms with van der Waals surface area (Å²) < 4.78 is 5.06. The van der Waals surface area contributed by atoms with E-state index in [1.54, 1.807) is 0 Å². The number of nitrogens with one attached hydrogen (secondary N) is 3. The lowest BCUT2D eigenvalue weighted by Crippen LogP contribution is -2.19. The molecule has 0 atom stereocenters. The van der Waals surface area contributed by atoms with Crippen LogP contribution in [0, 0.1) is 0 Å². The quantitative estimate of drug-likeness (QED) is 0.174. The summed E-state index contributed by atoms with van der Waals surface area (Å²) in [5, 5.41) is 10.4. The number of para-hydroxylation sites is 1. The van der Waals surface area contributed by atoms with Crippen molar-refractivity contribution in [1.82, 2.24) is 0 Å². The number of benzene rings is 2. The number of esters is 1. The number of carbonyl (C=O) groups excluding carboxylic acids is 2. The van der Waals surface area contributed by atoms with Crippen LogP contribution in [0.15, 0.2) is 59.5 Å². The van der Waals surface area contributed by atoms with Gasteiger partial charge >= 0.3 is 5.97 Å². The lowest BCUT2D eigenvalue weighted by atomic mass is 9.96. The van der Waals surface area contributed by atoms with Crippen LogP contribution in [0.4, 0.5) is 16.4 Å². The first-order valence-corrected chi connectivity index (χ1v) is 14.1. The van der Waals surface area contributed by atoms with Crippen molar-refractivity contribution in [2.24, 2.45) is 0 Å². The molecule has 3 aromatic rings. The summed E-state index contributed by atoms with van der Waals surface area (Å²) in [7, 11) is 1.39.